The van der Waals surface area contributed by atoms with Crippen LogP contribution in [0.4, 0.5) is 5.00 Å². The van der Waals surface area contributed by atoms with E-state index >= 15 is 0 Å². The van der Waals surface area contributed by atoms with Crippen molar-refractivity contribution in [3.63, 3.8) is 0 Å². The molecule has 2 aromatic heterocycles. The van der Waals surface area contributed by atoms with Crippen LogP contribution in [0.15, 0.2) is 29.1 Å². The van der Waals surface area contributed by atoms with E-state index in [9.17, 15) is 4.79 Å². The van der Waals surface area contributed by atoms with Gasteiger partial charge < -0.3 is 5.32 Å². The fourth-order valence-corrected chi connectivity index (χ4v) is 2.65. The lowest BCUT2D eigenvalue weighted by Gasteiger charge is -2.10. The number of hydrogen-bond donors (Lipinski definition) is 1. The molecule has 0 unspecified atom stereocenters. The lowest BCUT2D eigenvalue weighted by molar-refractivity contribution is 0.752. The van der Waals surface area contributed by atoms with Gasteiger partial charge >= 0.3 is 0 Å². The maximum Gasteiger partial charge on any atom is 0.272 e. The third kappa shape index (κ3) is 2.05. The first-order valence-electron chi connectivity index (χ1n) is 6.16. The Balaban J connectivity index is 2.20. The number of hydrogen-bond acceptors (Lipinski definition) is 6. The highest BCUT2D eigenvalue weighted by Crippen LogP contribution is 2.19. The van der Waals surface area contributed by atoms with Crippen LogP contribution in [0, 0.1) is 6.92 Å². The van der Waals surface area contributed by atoms with E-state index in [-0.39, 0.29) is 5.56 Å². The predicted molar refractivity (Wildman–Crippen MR) is 79.3 cm³/mol. The minimum absolute atomic E-state index is 0.0984. The zero-order valence-corrected chi connectivity index (χ0v) is 11.9. The number of rotatable bonds is 3. The molecule has 3 aromatic rings. The maximum atomic E-state index is 12.3. The zero-order chi connectivity index (χ0) is 14.1. The van der Waals surface area contributed by atoms with Gasteiger partial charge in [-0.05, 0) is 19.1 Å². The van der Waals surface area contributed by atoms with Crippen LogP contribution in [-0.2, 0) is 6.54 Å². The van der Waals surface area contributed by atoms with Gasteiger partial charge in [-0.2, -0.15) is 0 Å². The van der Waals surface area contributed by atoms with Crippen LogP contribution in [0.5, 0.6) is 0 Å². The molecular weight excluding hydrogens is 274 g/mol. The number of anilines is 1. The third-order valence-corrected chi connectivity index (χ3v) is 3.89. The molecule has 0 radical (unpaired) electrons. The van der Waals surface area contributed by atoms with Crippen molar-refractivity contribution in [1.82, 2.24) is 19.1 Å². The van der Waals surface area contributed by atoms with Crippen LogP contribution >= 0.6 is 11.5 Å². The van der Waals surface area contributed by atoms with Crippen LogP contribution in [0.2, 0.25) is 0 Å². The molecule has 0 fully saturated rings. The molecule has 1 aromatic carbocycles. The Morgan fingerprint density at radius 2 is 2.15 bits per heavy atom. The van der Waals surface area contributed by atoms with Crippen molar-refractivity contribution in [2.75, 3.05) is 12.4 Å². The van der Waals surface area contributed by atoms with Crippen molar-refractivity contribution in [3.05, 3.63) is 46.0 Å². The van der Waals surface area contributed by atoms with Gasteiger partial charge in [-0.3, -0.25) is 9.36 Å². The summed E-state index contributed by atoms with van der Waals surface area (Å²) in [6.07, 6.45) is 0. The summed E-state index contributed by atoms with van der Waals surface area (Å²) >= 11 is 1.28. The Kier molecular flexibility index (Phi) is 3.19. The minimum Gasteiger partial charge on any atom is -0.377 e. The SMILES string of the molecule is CNc1snnc1Cn1c(=O)c(C)nc2ccccc21. The molecule has 0 bridgehead atoms. The van der Waals surface area contributed by atoms with Gasteiger partial charge in [-0.15, -0.1) is 5.10 Å². The maximum absolute atomic E-state index is 12.3. The Hall–Kier alpha value is -2.28. The third-order valence-electron chi connectivity index (χ3n) is 3.11. The van der Waals surface area contributed by atoms with Crippen molar-refractivity contribution in [1.29, 1.82) is 0 Å². The van der Waals surface area contributed by atoms with Crippen molar-refractivity contribution in [3.8, 4) is 0 Å². The molecule has 0 saturated carbocycles. The quantitative estimate of drug-likeness (QED) is 0.793. The highest BCUT2D eigenvalue weighted by Gasteiger charge is 2.12. The van der Waals surface area contributed by atoms with Crippen molar-refractivity contribution >= 4 is 27.6 Å². The van der Waals surface area contributed by atoms with Crippen molar-refractivity contribution in [2.24, 2.45) is 0 Å². The van der Waals surface area contributed by atoms with Gasteiger partial charge in [0.05, 0.1) is 17.6 Å². The summed E-state index contributed by atoms with van der Waals surface area (Å²) in [5, 5.41) is 8.00. The van der Waals surface area contributed by atoms with Gasteiger partial charge in [0.1, 0.15) is 16.4 Å². The molecule has 1 N–H and O–H groups in total. The normalized spacial score (nSPS) is 10.9. The molecule has 0 spiro atoms. The highest BCUT2D eigenvalue weighted by atomic mass is 32.1. The molecule has 7 heteroatoms. The fraction of sp³-hybridized carbons (Fsp3) is 0.231. The average Bonchev–Trinajstić information content (AvgIpc) is 2.91. The molecule has 3 rings (SSSR count). The van der Waals surface area contributed by atoms with E-state index in [1.54, 1.807) is 11.5 Å². The summed E-state index contributed by atoms with van der Waals surface area (Å²) < 4.78 is 5.61. The summed E-state index contributed by atoms with van der Waals surface area (Å²) in [6.45, 7) is 2.11. The minimum atomic E-state index is -0.0984. The lowest BCUT2D eigenvalue weighted by atomic mass is 10.2. The Labute approximate surface area is 119 Å². The highest BCUT2D eigenvalue weighted by molar-refractivity contribution is 7.10. The molecule has 20 heavy (non-hydrogen) atoms. The standard InChI is InChI=1S/C13H13N5OS/c1-8-13(19)18(7-10-12(14-2)20-17-16-10)11-6-4-3-5-9(11)15-8/h3-6,14H,7H2,1-2H3. The van der Waals surface area contributed by atoms with E-state index in [1.165, 1.54) is 11.5 Å². The molecule has 0 atom stereocenters. The molecule has 6 nitrogen and oxygen atoms in total. The van der Waals surface area contributed by atoms with E-state index in [0.717, 1.165) is 21.7 Å². The van der Waals surface area contributed by atoms with Crippen LogP contribution in [0.3, 0.4) is 0 Å². The number of nitrogens with one attached hydrogen (secondary N) is 1. The second kappa shape index (κ2) is 5.01. The summed E-state index contributed by atoms with van der Waals surface area (Å²) in [7, 11) is 1.82. The number of aromatic nitrogens is 4. The molecule has 2 heterocycles. The second-order valence-electron chi connectivity index (χ2n) is 4.38. The van der Waals surface area contributed by atoms with Crippen molar-refractivity contribution < 1.29 is 0 Å². The first-order valence-corrected chi connectivity index (χ1v) is 6.93. The van der Waals surface area contributed by atoms with E-state index in [4.69, 9.17) is 0 Å². The van der Waals surface area contributed by atoms with Crippen molar-refractivity contribution in [2.45, 2.75) is 13.5 Å². The second-order valence-corrected chi connectivity index (χ2v) is 5.13. The summed E-state index contributed by atoms with van der Waals surface area (Å²) in [4.78, 5) is 16.7. The van der Waals surface area contributed by atoms with Crippen LogP contribution < -0.4 is 10.9 Å². The van der Waals surface area contributed by atoms with Gasteiger partial charge in [0, 0.05) is 18.6 Å². The Morgan fingerprint density at radius 3 is 2.95 bits per heavy atom. The van der Waals surface area contributed by atoms with E-state index in [1.807, 2.05) is 31.3 Å². The van der Waals surface area contributed by atoms with Crippen LogP contribution in [0.1, 0.15) is 11.4 Å². The smallest absolute Gasteiger partial charge is 0.272 e. The topological polar surface area (TPSA) is 72.7 Å². The fourth-order valence-electron chi connectivity index (χ4n) is 2.13. The zero-order valence-electron chi connectivity index (χ0n) is 11.1. The summed E-state index contributed by atoms with van der Waals surface area (Å²) in [5.41, 5.74) is 2.75. The Morgan fingerprint density at radius 1 is 1.35 bits per heavy atom. The summed E-state index contributed by atoms with van der Waals surface area (Å²) in [5.74, 6) is 0. The molecule has 0 aliphatic rings. The largest absolute Gasteiger partial charge is 0.377 e. The first kappa shape index (κ1) is 12.7. The molecule has 0 aliphatic carbocycles. The number of para-hydroxylation sites is 2. The van der Waals surface area contributed by atoms with Gasteiger partial charge in [-0.1, -0.05) is 16.6 Å². The molecule has 102 valence electrons. The Bertz CT molecular complexity index is 823. The molecular formula is C13H13N5OS. The summed E-state index contributed by atoms with van der Waals surface area (Å²) in [6, 6.07) is 7.60. The van der Waals surface area contributed by atoms with Gasteiger partial charge in [0.2, 0.25) is 0 Å². The van der Waals surface area contributed by atoms with Gasteiger partial charge in [-0.25, -0.2) is 4.98 Å². The first-order chi connectivity index (χ1) is 9.70. The number of fused-ring (bicyclic) bond motifs is 1. The number of nitrogens with zero attached hydrogens (tertiary/aromatic N) is 4. The van der Waals surface area contributed by atoms with E-state index in [2.05, 4.69) is 19.9 Å². The van der Waals surface area contributed by atoms with Gasteiger partial charge in [0.25, 0.3) is 5.56 Å². The number of aryl methyl sites for hydroxylation is 1. The van der Waals surface area contributed by atoms with Crippen LogP contribution in [-0.4, -0.2) is 26.2 Å². The van der Waals surface area contributed by atoms with Crippen LogP contribution in [0.25, 0.3) is 11.0 Å². The van der Waals surface area contributed by atoms with Gasteiger partial charge in [0.15, 0.2) is 0 Å². The molecule has 0 saturated heterocycles. The number of benzene rings is 1. The monoisotopic (exact) mass is 287 g/mol. The van der Waals surface area contributed by atoms with E-state index in [0.29, 0.717) is 12.2 Å². The van der Waals surface area contributed by atoms with E-state index < -0.39 is 0 Å². The predicted octanol–water partition coefficient (Wildman–Crippen LogP) is 1.65. The molecule has 0 amide bonds. The lowest BCUT2D eigenvalue weighted by Crippen LogP contribution is -2.25. The molecule has 0 aliphatic heterocycles. The average molecular weight is 287 g/mol.